The minimum absolute atomic E-state index is 0.0146. The normalized spacial score (nSPS) is 25.5. The second-order valence-corrected chi connectivity index (χ2v) is 4.88. The molecule has 5 nitrogen and oxygen atoms in total. The van der Waals surface area contributed by atoms with Crippen LogP contribution in [0.25, 0.3) is 0 Å². The van der Waals surface area contributed by atoms with Gasteiger partial charge in [0, 0.05) is 13.0 Å². The van der Waals surface area contributed by atoms with Crippen LogP contribution in [0.15, 0.2) is 24.3 Å². The maximum absolute atomic E-state index is 11.9. The summed E-state index contributed by atoms with van der Waals surface area (Å²) < 4.78 is 11.0. The fourth-order valence-corrected chi connectivity index (χ4v) is 2.44. The van der Waals surface area contributed by atoms with Gasteiger partial charge in [0.05, 0.1) is 19.8 Å². The molecule has 2 heterocycles. The summed E-state index contributed by atoms with van der Waals surface area (Å²) in [7, 11) is 0. The summed E-state index contributed by atoms with van der Waals surface area (Å²) >= 11 is 0. The van der Waals surface area contributed by atoms with Crippen LogP contribution in [-0.4, -0.2) is 44.4 Å². The van der Waals surface area contributed by atoms with Crippen LogP contribution in [-0.2, 0) is 16.0 Å². The predicted octanol–water partition coefficient (Wildman–Crippen LogP) is 0.0947. The minimum Gasteiger partial charge on any atom is -0.488 e. The van der Waals surface area contributed by atoms with Gasteiger partial charge >= 0.3 is 0 Å². The molecule has 5 heteroatoms. The first-order valence-corrected chi connectivity index (χ1v) is 6.66. The molecule has 2 aliphatic rings. The van der Waals surface area contributed by atoms with Crippen molar-refractivity contribution >= 4 is 5.91 Å². The molecule has 2 unspecified atom stereocenters. The molecule has 0 aromatic heterocycles. The number of amides is 1. The number of carbonyl (C=O) groups excluding carboxylic acids is 1. The van der Waals surface area contributed by atoms with Gasteiger partial charge in [-0.3, -0.25) is 4.79 Å². The molecule has 2 aliphatic heterocycles. The van der Waals surface area contributed by atoms with Gasteiger partial charge in [-0.2, -0.15) is 0 Å². The standard InChI is InChI=1S/C14H18N2O3/c17-14(12-9-18-6-5-15-12)16-8-11-7-10-3-1-2-4-13(10)19-11/h1-4,11-12,15H,5-9H2,(H,16,17). The number of hydrogen-bond donors (Lipinski definition) is 2. The molecule has 3 rings (SSSR count). The lowest BCUT2D eigenvalue weighted by molar-refractivity contribution is -0.126. The molecule has 102 valence electrons. The van der Waals surface area contributed by atoms with E-state index in [1.165, 1.54) is 5.56 Å². The fraction of sp³-hybridized carbons (Fsp3) is 0.500. The number of fused-ring (bicyclic) bond motifs is 1. The Kier molecular flexibility index (Phi) is 3.66. The van der Waals surface area contributed by atoms with Crippen molar-refractivity contribution in [3.63, 3.8) is 0 Å². The Morgan fingerprint density at radius 1 is 1.42 bits per heavy atom. The largest absolute Gasteiger partial charge is 0.488 e. The van der Waals surface area contributed by atoms with Crippen molar-refractivity contribution in [1.29, 1.82) is 0 Å². The summed E-state index contributed by atoms with van der Waals surface area (Å²) in [6.45, 7) is 2.37. The highest BCUT2D eigenvalue weighted by Crippen LogP contribution is 2.27. The number of para-hydroxylation sites is 1. The second kappa shape index (κ2) is 5.59. The van der Waals surface area contributed by atoms with Crippen LogP contribution >= 0.6 is 0 Å². The number of morpholine rings is 1. The summed E-state index contributed by atoms with van der Waals surface area (Å²) in [4.78, 5) is 11.9. The summed E-state index contributed by atoms with van der Waals surface area (Å²) in [5, 5.41) is 6.06. The van der Waals surface area contributed by atoms with Gasteiger partial charge in [0.25, 0.3) is 0 Å². The first kappa shape index (κ1) is 12.4. The first-order chi connectivity index (χ1) is 9.33. The monoisotopic (exact) mass is 262 g/mol. The van der Waals surface area contributed by atoms with E-state index in [1.54, 1.807) is 0 Å². The molecule has 2 N–H and O–H groups in total. The number of ether oxygens (including phenoxy) is 2. The number of benzene rings is 1. The van der Waals surface area contributed by atoms with Gasteiger partial charge in [-0.25, -0.2) is 0 Å². The third-order valence-corrected chi connectivity index (χ3v) is 3.46. The Hall–Kier alpha value is -1.59. The molecule has 19 heavy (non-hydrogen) atoms. The van der Waals surface area contributed by atoms with Crippen LogP contribution in [0.2, 0.25) is 0 Å². The highest BCUT2D eigenvalue weighted by molar-refractivity contribution is 5.82. The van der Waals surface area contributed by atoms with Gasteiger partial charge < -0.3 is 20.1 Å². The SMILES string of the molecule is O=C(NCC1Cc2ccccc2O1)C1COCCN1. The highest BCUT2D eigenvalue weighted by Gasteiger charge is 2.25. The summed E-state index contributed by atoms with van der Waals surface area (Å²) in [5.41, 5.74) is 1.21. The van der Waals surface area contributed by atoms with Crippen LogP contribution in [0, 0.1) is 0 Å². The van der Waals surface area contributed by atoms with Crippen molar-refractivity contribution in [2.45, 2.75) is 18.6 Å². The number of hydrogen-bond acceptors (Lipinski definition) is 4. The molecule has 0 saturated carbocycles. The van der Waals surface area contributed by atoms with Crippen molar-refractivity contribution in [2.75, 3.05) is 26.3 Å². The van der Waals surface area contributed by atoms with E-state index >= 15 is 0 Å². The summed E-state index contributed by atoms with van der Waals surface area (Å²) in [6.07, 6.45) is 0.885. The van der Waals surface area contributed by atoms with Crippen LogP contribution in [0.3, 0.4) is 0 Å². The van der Waals surface area contributed by atoms with Crippen LogP contribution in [0.4, 0.5) is 0 Å². The van der Waals surface area contributed by atoms with Gasteiger partial charge in [0.2, 0.25) is 5.91 Å². The van der Waals surface area contributed by atoms with Gasteiger partial charge in [0.1, 0.15) is 17.9 Å². The molecule has 0 bridgehead atoms. The first-order valence-electron chi connectivity index (χ1n) is 6.66. The van der Waals surface area contributed by atoms with E-state index in [1.807, 2.05) is 18.2 Å². The molecule has 1 amide bonds. The number of carbonyl (C=O) groups is 1. The zero-order valence-electron chi connectivity index (χ0n) is 10.7. The average molecular weight is 262 g/mol. The van der Waals surface area contributed by atoms with Crippen molar-refractivity contribution in [1.82, 2.24) is 10.6 Å². The molecule has 1 aromatic carbocycles. The Balaban J connectivity index is 1.47. The zero-order chi connectivity index (χ0) is 13.1. The Morgan fingerprint density at radius 2 is 2.32 bits per heavy atom. The molecule has 1 aromatic rings. The van der Waals surface area contributed by atoms with Gasteiger partial charge in [-0.15, -0.1) is 0 Å². The van der Waals surface area contributed by atoms with E-state index in [4.69, 9.17) is 9.47 Å². The lowest BCUT2D eigenvalue weighted by Gasteiger charge is -2.23. The second-order valence-electron chi connectivity index (χ2n) is 4.88. The molecular weight excluding hydrogens is 244 g/mol. The molecule has 0 radical (unpaired) electrons. The Morgan fingerprint density at radius 3 is 3.11 bits per heavy atom. The summed E-state index contributed by atoms with van der Waals surface area (Å²) in [5.74, 6) is 0.917. The maximum atomic E-state index is 11.9. The Labute approximate surface area is 112 Å². The average Bonchev–Trinajstić information content (AvgIpc) is 2.88. The van der Waals surface area contributed by atoms with E-state index in [0.29, 0.717) is 19.8 Å². The van der Waals surface area contributed by atoms with E-state index in [9.17, 15) is 4.79 Å². The topological polar surface area (TPSA) is 59.6 Å². The smallest absolute Gasteiger partial charge is 0.239 e. The van der Waals surface area contributed by atoms with E-state index < -0.39 is 0 Å². The molecule has 0 aliphatic carbocycles. The van der Waals surface area contributed by atoms with E-state index in [-0.39, 0.29) is 18.1 Å². The van der Waals surface area contributed by atoms with Crippen molar-refractivity contribution in [2.24, 2.45) is 0 Å². The molecule has 2 atom stereocenters. The summed E-state index contributed by atoms with van der Waals surface area (Å²) in [6, 6.07) is 7.76. The van der Waals surface area contributed by atoms with Gasteiger partial charge in [-0.05, 0) is 11.6 Å². The predicted molar refractivity (Wildman–Crippen MR) is 70.2 cm³/mol. The Bertz CT molecular complexity index is 433. The third-order valence-electron chi connectivity index (χ3n) is 3.46. The van der Waals surface area contributed by atoms with Gasteiger partial charge in [-0.1, -0.05) is 18.2 Å². The lowest BCUT2D eigenvalue weighted by atomic mass is 10.1. The third kappa shape index (κ3) is 2.88. The van der Waals surface area contributed by atoms with Crippen LogP contribution in [0.1, 0.15) is 5.56 Å². The molecule has 0 spiro atoms. The number of nitrogens with one attached hydrogen (secondary N) is 2. The fourth-order valence-electron chi connectivity index (χ4n) is 2.44. The molecule has 1 fully saturated rings. The maximum Gasteiger partial charge on any atom is 0.239 e. The van der Waals surface area contributed by atoms with Crippen LogP contribution in [0.5, 0.6) is 5.75 Å². The van der Waals surface area contributed by atoms with Crippen LogP contribution < -0.4 is 15.4 Å². The minimum atomic E-state index is -0.238. The molecular formula is C14H18N2O3. The van der Waals surface area contributed by atoms with E-state index in [2.05, 4.69) is 16.7 Å². The zero-order valence-corrected chi connectivity index (χ0v) is 10.7. The lowest BCUT2D eigenvalue weighted by Crippen LogP contribution is -2.52. The quantitative estimate of drug-likeness (QED) is 0.811. The van der Waals surface area contributed by atoms with Crippen molar-refractivity contribution < 1.29 is 14.3 Å². The number of rotatable bonds is 3. The van der Waals surface area contributed by atoms with E-state index in [0.717, 1.165) is 18.7 Å². The van der Waals surface area contributed by atoms with Crippen molar-refractivity contribution in [3.8, 4) is 5.75 Å². The van der Waals surface area contributed by atoms with Crippen molar-refractivity contribution in [3.05, 3.63) is 29.8 Å². The molecule has 1 saturated heterocycles. The van der Waals surface area contributed by atoms with Gasteiger partial charge in [0.15, 0.2) is 0 Å². The highest BCUT2D eigenvalue weighted by atomic mass is 16.5.